The molecule has 0 aliphatic carbocycles. The van der Waals surface area contributed by atoms with Crippen molar-refractivity contribution < 1.29 is 9.21 Å². The van der Waals surface area contributed by atoms with Crippen LogP contribution in [-0.4, -0.2) is 47.6 Å². The zero-order valence-corrected chi connectivity index (χ0v) is 20.2. The number of thioether (sulfide) groups is 1. The lowest BCUT2D eigenvalue weighted by Crippen LogP contribution is -2.20. The average Bonchev–Trinajstić information content (AvgIpc) is 3.59. The van der Waals surface area contributed by atoms with Gasteiger partial charge in [0.05, 0.1) is 34.5 Å². The Kier molecular flexibility index (Phi) is 6.80. The lowest BCUT2D eigenvalue weighted by atomic mass is 10.3. The molecule has 2 aromatic carbocycles. The van der Waals surface area contributed by atoms with Crippen molar-refractivity contribution in [3.8, 4) is 5.69 Å². The zero-order chi connectivity index (χ0) is 24.2. The minimum absolute atomic E-state index is 0.0467. The van der Waals surface area contributed by atoms with Gasteiger partial charge in [-0.15, -0.1) is 15.3 Å². The molecule has 0 saturated heterocycles. The van der Waals surface area contributed by atoms with E-state index >= 15 is 0 Å². The number of carbonyl (C=O) groups excluding carboxylic acids is 1. The SMILES string of the molecule is O=C(CSc1nnc(Cn2nnc3ccccc32)n1-c1ccc(Cl)cc1Cl)NN=Cc1ccco1. The first-order valence-electron chi connectivity index (χ1n) is 10.2. The minimum Gasteiger partial charge on any atom is -0.463 e. The van der Waals surface area contributed by atoms with E-state index in [1.807, 2.05) is 24.3 Å². The number of hydrazone groups is 1. The number of hydrogen-bond acceptors (Lipinski definition) is 8. The number of halogens is 2. The van der Waals surface area contributed by atoms with Crippen LogP contribution in [0.1, 0.15) is 11.6 Å². The van der Waals surface area contributed by atoms with Gasteiger partial charge in [0.2, 0.25) is 0 Å². The average molecular weight is 527 g/mol. The number of para-hydroxylation sites is 1. The highest BCUT2D eigenvalue weighted by Crippen LogP contribution is 2.30. The molecule has 3 aromatic heterocycles. The lowest BCUT2D eigenvalue weighted by molar-refractivity contribution is -0.118. The van der Waals surface area contributed by atoms with Crippen LogP contribution in [0, 0.1) is 0 Å². The van der Waals surface area contributed by atoms with E-state index in [1.54, 1.807) is 39.6 Å². The topological polar surface area (TPSA) is 116 Å². The van der Waals surface area contributed by atoms with Crippen LogP contribution in [0.4, 0.5) is 0 Å². The van der Waals surface area contributed by atoms with Crippen LogP contribution in [0.25, 0.3) is 16.7 Å². The Labute approximate surface area is 212 Å². The minimum atomic E-state index is -0.321. The van der Waals surface area contributed by atoms with E-state index < -0.39 is 0 Å². The first kappa shape index (κ1) is 23.1. The van der Waals surface area contributed by atoms with Crippen LogP contribution in [0.15, 0.2) is 75.5 Å². The maximum atomic E-state index is 12.3. The van der Waals surface area contributed by atoms with Crippen LogP contribution in [0.3, 0.4) is 0 Å². The van der Waals surface area contributed by atoms with Crippen LogP contribution >= 0.6 is 35.0 Å². The van der Waals surface area contributed by atoms with Gasteiger partial charge in [0.15, 0.2) is 11.0 Å². The van der Waals surface area contributed by atoms with Crippen LogP contribution in [0.2, 0.25) is 10.0 Å². The predicted molar refractivity (Wildman–Crippen MR) is 133 cm³/mol. The number of amides is 1. The van der Waals surface area contributed by atoms with Gasteiger partial charge >= 0.3 is 0 Å². The maximum Gasteiger partial charge on any atom is 0.250 e. The highest BCUT2D eigenvalue weighted by Gasteiger charge is 2.19. The van der Waals surface area contributed by atoms with Gasteiger partial charge in [-0.3, -0.25) is 9.36 Å². The first-order valence-corrected chi connectivity index (χ1v) is 12.0. The molecule has 13 heteroatoms. The molecule has 0 bridgehead atoms. The third kappa shape index (κ3) is 5.21. The number of nitrogens with one attached hydrogen (secondary N) is 1. The van der Waals surface area contributed by atoms with Gasteiger partial charge in [-0.2, -0.15) is 5.10 Å². The monoisotopic (exact) mass is 526 g/mol. The quantitative estimate of drug-likeness (QED) is 0.183. The summed E-state index contributed by atoms with van der Waals surface area (Å²) in [6.45, 7) is 0.284. The molecule has 1 N–H and O–H groups in total. The predicted octanol–water partition coefficient (Wildman–Crippen LogP) is 4.20. The molecule has 0 fully saturated rings. The number of aromatic nitrogens is 6. The summed E-state index contributed by atoms with van der Waals surface area (Å²) in [6.07, 6.45) is 2.94. The van der Waals surface area contributed by atoms with Crippen molar-refractivity contribution in [2.24, 2.45) is 5.10 Å². The summed E-state index contributed by atoms with van der Waals surface area (Å²) in [6, 6.07) is 16.2. The Morgan fingerprint density at radius 3 is 2.83 bits per heavy atom. The summed E-state index contributed by atoms with van der Waals surface area (Å²) < 4.78 is 8.64. The van der Waals surface area contributed by atoms with Gasteiger partial charge in [0, 0.05) is 5.02 Å². The highest BCUT2D eigenvalue weighted by molar-refractivity contribution is 7.99. The molecule has 5 aromatic rings. The second-order valence-corrected chi connectivity index (χ2v) is 8.95. The van der Waals surface area contributed by atoms with Gasteiger partial charge in [0.25, 0.3) is 5.91 Å². The van der Waals surface area contributed by atoms with Crippen molar-refractivity contribution in [2.45, 2.75) is 11.7 Å². The molecule has 0 spiro atoms. The van der Waals surface area contributed by atoms with Crippen LogP contribution in [0.5, 0.6) is 0 Å². The van der Waals surface area contributed by atoms with E-state index in [2.05, 4.69) is 31.0 Å². The number of rotatable bonds is 8. The molecule has 35 heavy (non-hydrogen) atoms. The van der Waals surface area contributed by atoms with Crippen molar-refractivity contribution in [1.82, 2.24) is 35.2 Å². The number of hydrogen-bond donors (Lipinski definition) is 1. The maximum absolute atomic E-state index is 12.3. The van der Waals surface area contributed by atoms with E-state index in [4.69, 9.17) is 27.6 Å². The highest BCUT2D eigenvalue weighted by atomic mass is 35.5. The van der Waals surface area contributed by atoms with E-state index in [0.717, 1.165) is 11.0 Å². The smallest absolute Gasteiger partial charge is 0.250 e. The van der Waals surface area contributed by atoms with Gasteiger partial charge in [0.1, 0.15) is 17.8 Å². The molecule has 0 aliphatic heterocycles. The molecule has 10 nitrogen and oxygen atoms in total. The molecular weight excluding hydrogens is 511 g/mol. The molecule has 1 amide bonds. The second-order valence-electron chi connectivity index (χ2n) is 7.16. The summed E-state index contributed by atoms with van der Waals surface area (Å²) in [5.74, 6) is 0.813. The molecule has 0 saturated carbocycles. The van der Waals surface area contributed by atoms with Crippen molar-refractivity contribution in [2.75, 3.05) is 5.75 Å². The van der Waals surface area contributed by atoms with E-state index in [9.17, 15) is 4.79 Å². The summed E-state index contributed by atoms with van der Waals surface area (Å²) in [4.78, 5) is 12.3. The summed E-state index contributed by atoms with van der Waals surface area (Å²) in [5, 5.41) is 22.3. The van der Waals surface area contributed by atoms with Crippen molar-refractivity contribution in [3.63, 3.8) is 0 Å². The molecule has 0 atom stereocenters. The van der Waals surface area contributed by atoms with Gasteiger partial charge in [-0.25, -0.2) is 10.1 Å². The number of carbonyl (C=O) groups is 1. The van der Waals surface area contributed by atoms with Gasteiger partial charge in [-0.1, -0.05) is 52.3 Å². The van der Waals surface area contributed by atoms with Gasteiger partial charge in [-0.05, 0) is 42.5 Å². The zero-order valence-electron chi connectivity index (χ0n) is 17.9. The van der Waals surface area contributed by atoms with E-state index in [-0.39, 0.29) is 18.2 Å². The fraction of sp³-hybridized carbons (Fsp3) is 0.0909. The third-order valence-electron chi connectivity index (χ3n) is 4.82. The lowest BCUT2D eigenvalue weighted by Gasteiger charge is -2.12. The molecule has 0 unspecified atom stereocenters. The van der Waals surface area contributed by atoms with Crippen molar-refractivity contribution >= 4 is 58.1 Å². The number of furan rings is 1. The largest absolute Gasteiger partial charge is 0.463 e. The van der Waals surface area contributed by atoms with Crippen LogP contribution < -0.4 is 5.43 Å². The van der Waals surface area contributed by atoms with Crippen molar-refractivity contribution in [3.05, 3.63) is 82.5 Å². The molecule has 176 valence electrons. The van der Waals surface area contributed by atoms with E-state index in [1.165, 1.54) is 24.2 Å². The Balaban J connectivity index is 1.40. The van der Waals surface area contributed by atoms with Crippen molar-refractivity contribution in [1.29, 1.82) is 0 Å². The molecular formula is C22H16Cl2N8O2S. The fourth-order valence-corrected chi connectivity index (χ4v) is 4.51. The number of benzene rings is 2. The Hall–Kier alpha value is -3.67. The molecule has 3 heterocycles. The summed E-state index contributed by atoms with van der Waals surface area (Å²) in [5.41, 5.74) is 4.71. The molecule has 5 rings (SSSR count). The van der Waals surface area contributed by atoms with Crippen LogP contribution in [-0.2, 0) is 11.3 Å². The Morgan fingerprint density at radius 2 is 2.00 bits per heavy atom. The summed E-state index contributed by atoms with van der Waals surface area (Å²) in [7, 11) is 0. The molecule has 0 aliphatic rings. The normalized spacial score (nSPS) is 11.5. The van der Waals surface area contributed by atoms with Gasteiger partial charge < -0.3 is 4.42 Å². The number of fused-ring (bicyclic) bond motifs is 1. The first-order chi connectivity index (χ1) is 17.1. The Bertz CT molecular complexity index is 1510. The third-order valence-corrected chi connectivity index (χ3v) is 6.29. The van der Waals surface area contributed by atoms with E-state index in [0.29, 0.717) is 32.5 Å². The standard InChI is InChI=1S/C22H16Cl2N8O2S/c23-14-7-8-18(16(24)10-14)32-20(12-31-19-6-2-1-5-17(19)26-30-31)27-29-22(32)35-13-21(33)28-25-11-15-4-3-9-34-15/h1-11H,12-13H2,(H,28,33). The second kappa shape index (κ2) is 10.3. The fourth-order valence-electron chi connectivity index (χ4n) is 3.26. The molecule has 0 radical (unpaired) electrons. The number of nitrogens with zero attached hydrogens (tertiary/aromatic N) is 7. The summed E-state index contributed by atoms with van der Waals surface area (Å²) >= 11 is 13.8. The Morgan fingerprint density at radius 1 is 1.11 bits per heavy atom.